The number of hydrazine groups is 1. The van der Waals surface area contributed by atoms with E-state index in [1.807, 2.05) is 19.2 Å². The highest BCUT2D eigenvalue weighted by Crippen LogP contribution is 2.27. The summed E-state index contributed by atoms with van der Waals surface area (Å²) >= 11 is 1.61. The van der Waals surface area contributed by atoms with E-state index in [1.165, 1.54) is 0 Å². The summed E-state index contributed by atoms with van der Waals surface area (Å²) in [6, 6.07) is 1.80. The van der Waals surface area contributed by atoms with Gasteiger partial charge < -0.3 is 4.74 Å². The average Bonchev–Trinajstić information content (AvgIpc) is 2.77. The minimum Gasteiger partial charge on any atom is -0.495 e. The van der Waals surface area contributed by atoms with Gasteiger partial charge in [-0.25, -0.2) is 10.4 Å². The van der Waals surface area contributed by atoms with Crippen molar-refractivity contribution in [2.24, 2.45) is 5.84 Å². The van der Waals surface area contributed by atoms with Gasteiger partial charge in [0, 0.05) is 17.3 Å². The van der Waals surface area contributed by atoms with Crippen LogP contribution in [0.25, 0.3) is 0 Å². The van der Waals surface area contributed by atoms with E-state index < -0.39 is 0 Å². The van der Waals surface area contributed by atoms with E-state index in [0.717, 1.165) is 15.4 Å². The van der Waals surface area contributed by atoms with Gasteiger partial charge in [0.1, 0.15) is 5.75 Å². The molecule has 2 heterocycles. The Morgan fingerprint density at radius 1 is 1.41 bits per heavy atom. The Morgan fingerprint density at radius 3 is 2.82 bits per heavy atom. The number of hydrogen-bond acceptors (Lipinski definition) is 6. The third-order valence-electron chi connectivity index (χ3n) is 2.39. The number of nitrogens with zero attached hydrogens (tertiary/aromatic N) is 2. The fraction of sp³-hybridized carbons (Fsp3) is 0.273. The van der Waals surface area contributed by atoms with Crippen LogP contribution in [0.4, 0.5) is 0 Å². The molecule has 2 aromatic heterocycles. The van der Waals surface area contributed by atoms with Crippen molar-refractivity contribution in [3.8, 4) is 5.75 Å². The van der Waals surface area contributed by atoms with Crippen LogP contribution in [0.15, 0.2) is 24.7 Å². The summed E-state index contributed by atoms with van der Waals surface area (Å²) in [5.74, 6) is 6.31. The second-order valence-electron chi connectivity index (χ2n) is 3.54. The number of pyridine rings is 1. The van der Waals surface area contributed by atoms with Gasteiger partial charge in [0.05, 0.1) is 24.4 Å². The maximum absolute atomic E-state index is 5.60. The zero-order valence-electron chi connectivity index (χ0n) is 9.68. The molecule has 90 valence electrons. The first-order valence-electron chi connectivity index (χ1n) is 5.12. The number of nitrogens with two attached hydrogens (primary N) is 1. The fourth-order valence-electron chi connectivity index (χ4n) is 1.56. The van der Waals surface area contributed by atoms with Crippen LogP contribution in [0.2, 0.25) is 0 Å². The van der Waals surface area contributed by atoms with E-state index in [0.29, 0.717) is 5.75 Å². The van der Waals surface area contributed by atoms with E-state index in [1.54, 1.807) is 30.8 Å². The van der Waals surface area contributed by atoms with Crippen molar-refractivity contribution in [1.29, 1.82) is 0 Å². The lowest BCUT2D eigenvalue weighted by molar-refractivity contribution is 0.411. The van der Waals surface area contributed by atoms with Gasteiger partial charge >= 0.3 is 0 Å². The van der Waals surface area contributed by atoms with Crippen molar-refractivity contribution >= 4 is 11.3 Å². The Hall–Kier alpha value is -1.50. The molecule has 6 heteroatoms. The lowest BCUT2D eigenvalue weighted by Crippen LogP contribution is -2.28. The molecule has 3 N–H and O–H groups in total. The number of hydrogen-bond donors (Lipinski definition) is 2. The number of ether oxygens (including phenoxy) is 1. The van der Waals surface area contributed by atoms with Crippen LogP contribution in [0, 0.1) is 6.92 Å². The van der Waals surface area contributed by atoms with Gasteiger partial charge in [0.25, 0.3) is 0 Å². The summed E-state index contributed by atoms with van der Waals surface area (Å²) in [5.41, 5.74) is 3.73. The minimum atomic E-state index is -0.108. The SMILES string of the molecule is COc1cncc(C(NN)c2cnc(C)s2)c1. The molecule has 2 rings (SSSR count). The smallest absolute Gasteiger partial charge is 0.137 e. The molecule has 17 heavy (non-hydrogen) atoms. The molecular weight excluding hydrogens is 236 g/mol. The molecule has 0 fully saturated rings. The first kappa shape index (κ1) is 12.0. The predicted molar refractivity (Wildman–Crippen MR) is 66.8 cm³/mol. The lowest BCUT2D eigenvalue weighted by atomic mass is 10.1. The summed E-state index contributed by atoms with van der Waals surface area (Å²) in [5, 5.41) is 1.01. The van der Waals surface area contributed by atoms with E-state index >= 15 is 0 Å². The lowest BCUT2D eigenvalue weighted by Gasteiger charge is -2.14. The molecular formula is C11H14N4OS. The van der Waals surface area contributed by atoms with Crippen molar-refractivity contribution in [2.45, 2.75) is 13.0 Å². The predicted octanol–water partition coefficient (Wildman–Crippen LogP) is 1.41. The topological polar surface area (TPSA) is 73.1 Å². The van der Waals surface area contributed by atoms with E-state index in [2.05, 4.69) is 15.4 Å². The molecule has 1 unspecified atom stereocenters. The number of aryl methyl sites for hydroxylation is 1. The number of thiazole rings is 1. The van der Waals surface area contributed by atoms with Crippen LogP contribution >= 0.6 is 11.3 Å². The van der Waals surface area contributed by atoms with Crippen molar-refractivity contribution in [2.75, 3.05) is 7.11 Å². The molecule has 0 aromatic carbocycles. The molecule has 1 atom stereocenters. The van der Waals surface area contributed by atoms with Gasteiger partial charge in [-0.3, -0.25) is 10.8 Å². The summed E-state index contributed by atoms with van der Waals surface area (Å²) in [6.07, 6.45) is 5.25. The van der Waals surface area contributed by atoms with Crippen molar-refractivity contribution in [3.63, 3.8) is 0 Å². The monoisotopic (exact) mass is 250 g/mol. The second kappa shape index (κ2) is 5.22. The zero-order chi connectivity index (χ0) is 12.3. The van der Waals surface area contributed by atoms with Crippen LogP contribution in [0.3, 0.4) is 0 Å². The molecule has 0 aliphatic rings. The molecule has 0 saturated heterocycles. The van der Waals surface area contributed by atoms with Crippen LogP contribution in [0.5, 0.6) is 5.75 Å². The van der Waals surface area contributed by atoms with E-state index in [9.17, 15) is 0 Å². The first-order valence-corrected chi connectivity index (χ1v) is 5.93. The van der Waals surface area contributed by atoms with Gasteiger partial charge in [0.15, 0.2) is 0 Å². The molecule has 0 bridgehead atoms. The van der Waals surface area contributed by atoms with E-state index in [-0.39, 0.29) is 6.04 Å². The first-order chi connectivity index (χ1) is 8.24. The molecule has 5 nitrogen and oxygen atoms in total. The third kappa shape index (κ3) is 2.60. The Bertz CT molecular complexity index is 500. The van der Waals surface area contributed by atoms with Crippen LogP contribution < -0.4 is 16.0 Å². The molecule has 0 aliphatic carbocycles. The molecule has 0 saturated carbocycles. The zero-order valence-corrected chi connectivity index (χ0v) is 10.5. The van der Waals surface area contributed by atoms with Gasteiger partial charge in [-0.05, 0) is 18.6 Å². The molecule has 0 spiro atoms. The van der Waals surface area contributed by atoms with E-state index in [4.69, 9.17) is 10.6 Å². The maximum atomic E-state index is 5.60. The summed E-state index contributed by atoms with van der Waals surface area (Å²) in [6.45, 7) is 1.96. The maximum Gasteiger partial charge on any atom is 0.137 e. The highest BCUT2D eigenvalue weighted by atomic mass is 32.1. The molecule has 0 amide bonds. The van der Waals surface area contributed by atoms with Crippen LogP contribution in [0.1, 0.15) is 21.5 Å². The summed E-state index contributed by atoms with van der Waals surface area (Å²) in [4.78, 5) is 9.40. The third-order valence-corrected chi connectivity index (χ3v) is 3.37. The average molecular weight is 250 g/mol. The standard InChI is InChI=1S/C11H14N4OS/c1-7-14-6-10(17-7)11(15-12)8-3-9(16-2)5-13-4-8/h3-6,11,15H,12H2,1-2H3. The Morgan fingerprint density at radius 2 is 2.24 bits per heavy atom. The fourth-order valence-corrected chi connectivity index (χ4v) is 2.43. The van der Waals surface area contributed by atoms with Crippen LogP contribution in [-0.2, 0) is 0 Å². The highest BCUT2D eigenvalue weighted by molar-refractivity contribution is 7.11. The largest absolute Gasteiger partial charge is 0.495 e. The van der Waals surface area contributed by atoms with Gasteiger partial charge in [-0.1, -0.05) is 0 Å². The Balaban J connectivity index is 2.34. The minimum absolute atomic E-state index is 0.108. The van der Waals surface area contributed by atoms with Gasteiger partial charge in [0.2, 0.25) is 0 Å². The number of nitrogens with one attached hydrogen (secondary N) is 1. The summed E-state index contributed by atoms with van der Waals surface area (Å²) < 4.78 is 5.15. The molecule has 0 radical (unpaired) electrons. The van der Waals surface area contributed by atoms with Crippen molar-refractivity contribution in [1.82, 2.24) is 15.4 Å². The van der Waals surface area contributed by atoms with Crippen molar-refractivity contribution in [3.05, 3.63) is 40.1 Å². The molecule has 0 aliphatic heterocycles. The van der Waals surface area contributed by atoms with Gasteiger partial charge in [-0.15, -0.1) is 11.3 Å². The number of methoxy groups -OCH3 is 1. The normalized spacial score (nSPS) is 12.4. The number of aromatic nitrogens is 2. The summed E-state index contributed by atoms with van der Waals surface area (Å²) in [7, 11) is 1.61. The number of rotatable bonds is 4. The highest BCUT2D eigenvalue weighted by Gasteiger charge is 2.15. The second-order valence-corrected chi connectivity index (χ2v) is 4.81. The Labute approximate surface area is 104 Å². The van der Waals surface area contributed by atoms with Crippen molar-refractivity contribution < 1.29 is 4.74 Å². The Kier molecular flexibility index (Phi) is 3.68. The van der Waals surface area contributed by atoms with Gasteiger partial charge in [-0.2, -0.15) is 0 Å². The molecule has 2 aromatic rings. The quantitative estimate of drug-likeness (QED) is 0.634. The van der Waals surface area contributed by atoms with Crippen LogP contribution in [-0.4, -0.2) is 17.1 Å².